The quantitative estimate of drug-likeness (QED) is 0.746. The first kappa shape index (κ1) is 11.7. The molecule has 0 amide bonds. The van der Waals surface area contributed by atoms with E-state index in [9.17, 15) is 0 Å². The van der Waals surface area contributed by atoms with Gasteiger partial charge in [0.2, 0.25) is 0 Å². The van der Waals surface area contributed by atoms with Gasteiger partial charge in [0.05, 0.1) is 12.8 Å². The minimum atomic E-state index is 0.716. The van der Waals surface area contributed by atoms with Gasteiger partial charge in [-0.15, -0.1) is 0 Å². The summed E-state index contributed by atoms with van der Waals surface area (Å²) in [6, 6.07) is 15.1. The largest absolute Gasteiger partial charge is 0.497 e. The number of nitrogens with zero attached hydrogens (tertiary/aromatic N) is 1. The molecule has 2 rings (SSSR count). The Kier molecular flexibility index (Phi) is 3.78. The van der Waals surface area contributed by atoms with Gasteiger partial charge in [0.15, 0.2) is 0 Å². The van der Waals surface area contributed by atoms with E-state index in [-0.39, 0.29) is 0 Å². The molecule has 2 aromatic rings. The highest BCUT2D eigenvalue weighted by molar-refractivity contribution is 6.30. The fraction of sp³-hybridized carbons (Fsp3) is 0.0714. The van der Waals surface area contributed by atoms with Crippen LogP contribution in [0.25, 0.3) is 0 Å². The third-order valence-corrected chi connectivity index (χ3v) is 2.56. The van der Waals surface area contributed by atoms with Crippen LogP contribution in [0.1, 0.15) is 5.56 Å². The average Bonchev–Trinajstić information content (AvgIpc) is 2.39. The van der Waals surface area contributed by atoms with Crippen LogP contribution in [0.5, 0.6) is 5.75 Å². The summed E-state index contributed by atoms with van der Waals surface area (Å²) in [7, 11) is 1.65. The van der Waals surface area contributed by atoms with Crippen molar-refractivity contribution in [3.05, 3.63) is 59.1 Å². The number of ether oxygens (including phenoxy) is 1. The summed E-state index contributed by atoms with van der Waals surface area (Å²) in [6.45, 7) is 0. The second kappa shape index (κ2) is 5.51. The average molecular weight is 246 g/mol. The highest BCUT2D eigenvalue weighted by atomic mass is 35.5. The van der Waals surface area contributed by atoms with E-state index in [0.29, 0.717) is 5.02 Å². The summed E-state index contributed by atoms with van der Waals surface area (Å²) >= 11 is 5.80. The molecule has 0 aromatic heterocycles. The molecule has 0 N–H and O–H groups in total. The predicted molar refractivity (Wildman–Crippen MR) is 71.7 cm³/mol. The molecule has 0 atom stereocenters. The van der Waals surface area contributed by atoms with Crippen LogP contribution in [0.3, 0.4) is 0 Å². The van der Waals surface area contributed by atoms with Crippen molar-refractivity contribution in [2.75, 3.05) is 7.11 Å². The first-order chi connectivity index (χ1) is 8.28. The van der Waals surface area contributed by atoms with Gasteiger partial charge in [-0.2, -0.15) is 0 Å². The summed E-state index contributed by atoms with van der Waals surface area (Å²) in [6.07, 6.45) is 1.81. The van der Waals surface area contributed by atoms with Gasteiger partial charge >= 0.3 is 0 Å². The zero-order valence-corrected chi connectivity index (χ0v) is 10.2. The Balaban J connectivity index is 2.11. The molecule has 0 fully saturated rings. The van der Waals surface area contributed by atoms with Crippen molar-refractivity contribution in [3.63, 3.8) is 0 Å². The summed E-state index contributed by atoms with van der Waals surface area (Å²) in [5.41, 5.74) is 1.91. The molecule has 0 radical (unpaired) electrons. The Morgan fingerprint density at radius 3 is 2.24 bits per heavy atom. The lowest BCUT2D eigenvalue weighted by molar-refractivity contribution is 0.415. The second-order valence-electron chi connectivity index (χ2n) is 3.51. The normalized spacial score (nSPS) is 10.7. The van der Waals surface area contributed by atoms with E-state index in [1.807, 2.05) is 54.7 Å². The molecule has 0 spiro atoms. The monoisotopic (exact) mass is 245 g/mol. The standard InChI is InChI=1S/C14H12ClNO/c1-17-14-8-2-11(3-9-14)10-16-13-6-4-12(15)5-7-13/h2-10H,1H3/b16-10+. The molecule has 0 bridgehead atoms. The van der Waals surface area contributed by atoms with Crippen LogP contribution in [0.4, 0.5) is 5.69 Å². The highest BCUT2D eigenvalue weighted by Crippen LogP contribution is 2.16. The number of benzene rings is 2. The number of halogens is 1. The highest BCUT2D eigenvalue weighted by Gasteiger charge is 1.92. The first-order valence-corrected chi connectivity index (χ1v) is 5.59. The lowest BCUT2D eigenvalue weighted by Crippen LogP contribution is -1.84. The van der Waals surface area contributed by atoms with Gasteiger partial charge in [0.25, 0.3) is 0 Å². The van der Waals surface area contributed by atoms with E-state index in [0.717, 1.165) is 17.0 Å². The molecule has 0 saturated heterocycles. The number of hydrogen-bond donors (Lipinski definition) is 0. The maximum Gasteiger partial charge on any atom is 0.118 e. The Hall–Kier alpha value is -1.80. The zero-order chi connectivity index (χ0) is 12.1. The van der Waals surface area contributed by atoms with E-state index < -0.39 is 0 Å². The van der Waals surface area contributed by atoms with Crippen LogP contribution in [0.15, 0.2) is 53.5 Å². The smallest absolute Gasteiger partial charge is 0.118 e. The van der Waals surface area contributed by atoms with Gasteiger partial charge in [0.1, 0.15) is 5.75 Å². The van der Waals surface area contributed by atoms with Crippen LogP contribution in [0, 0.1) is 0 Å². The van der Waals surface area contributed by atoms with Gasteiger partial charge in [-0.05, 0) is 54.1 Å². The van der Waals surface area contributed by atoms with Gasteiger partial charge in [-0.1, -0.05) is 11.6 Å². The fourth-order valence-electron chi connectivity index (χ4n) is 1.37. The maximum absolute atomic E-state index is 5.80. The predicted octanol–water partition coefficient (Wildman–Crippen LogP) is 4.10. The molecule has 0 aliphatic carbocycles. The van der Waals surface area contributed by atoms with Crippen LogP contribution >= 0.6 is 11.6 Å². The van der Waals surface area contributed by atoms with E-state index in [4.69, 9.17) is 16.3 Å². The van der Waals surface area contributed by atoms with E-state index in [1.54, 1.807) is 7.11 Å². The van der Waals surface area contributed by atoms with Crippen molar-refractivity contribution in [1.29, 1.82) is 0 Å². The Labute approximate surface area is 106 Å². The van der Waals surface area contributed by atoms with Gasteiger partial charge in [0, 0.05) is 11.2 Å². The molecule has 3 heteroatoms. The fourth-order valence-corrected chi connectivity index (χ4v) is 1.49. The minimum absolute atomic E-state index is 0.716. The van der Waals surface area contributed by atoms with Crippen molar-refractivity contribution in [3.8, 4) is 5.75 Å². The number of rotatable bonds is 3. The van der Waals surface area contributed by atoms with Crippen LogP contribution in [-0.4, -0.2) is 13.3 Å². The Morgan fingerprint density at radius 1 is 1.00 bits per heavy atom. The summed E-state index contributed by atoms with van der Waals surface area (Å²) < 4.78 is 5.09. The summed E-state index contributed by atoms with van der Waals surface area (Å²) in [4.78, 5) is 4.35. The van der Waals surface area contributed by atoms with Crippen molar-refractivity contribution in [2.24, 2.45) is 4.99 Å². The van der Waals surface area contributed by atoms with Gasteiger partial charge in [-0.25, -0.2) is 0 Å². The van der Waals surface area contributed by atoms with Crippen LogP contribution in [-0.2, 0) is 0 Å². The zero-order valence-electron chi connectivity index (χ0n) is 9.43. The molecule has 2 nitrogen and oxygen atoms in total. The number of methoxy groups -OCH3 is 1. The van der Waals surface area contributed by atoms with Crippen molar-refractivity contribution >= 4 is 23.5 Å². The van der Waals surface area contributed by atoms with Crippen molar-refractivity contribution in [1.82, 2.24) is 0 Å². The summed E-state index contributed by atoms with van der Waals surface area (Å²) in [5.74, 6) is 0.841. The molecule has 0 unspecified atom stereocenters. The molecule has 86 valence electrons. The van der Waals surface area contributed by atoms with Crippen LogP contribution < -0.4 is 4.74 Å². The minimum Gasteiger partial charge on any atom is -0.497 e. The third-order valence-electron chi connectivity index (χ3n) is 2.31. The third kappa shape index (κ3) is 3.33. The number of aliphatic imine (C=N–C) groups is 1. The Bertz CT molecular complexity index is 503. The lowest BCUT2D eigenvalue weighted by atomic mass is 10.2. The van der Waals surface area contributed by atoms with E-state index in [1.165, 1.54) is 0 Å². The van der Waals surface area contributed by atoms with Gasteiger partial charge < -0.3 is 4.74 Å². The molecule has 17 heavy (non-hydrogen) atoms. The van der Waals surface area contributed by atoms with E-state index in [2.05, 4.69) is 4.99 Å². The van der Waals surface area contributed by atoms with Crippen molar-refractivity contribution in [2.45, 2.75) is 0 Å². The second-order valence-corrected chi connectivity index (χ2v) is 3.94. The summed E-state index contributed by atoms with van der Waals surface area (Å²) in [5, 5.41) is 0.716. The lowest BCUT2D eigenvalue weighted by Gasteiger charge is -1.99. The number of hydrogen-bond acceptors (Lipinski definition) is 2. The Morgan fingerprint density at radius 2 is 1.65 bits per heavy atom. The first-order valence-electron chi connectivity index (χ1n) is 5.21. The SMILES string of the molecule is COc1ccc(/C=N/c2ccc(Cl)cc2)cc1. The molecule has 2 aromatic carbocycles. The van der Waals surface area contributed by atoms with E-state index >= 15 is 0 Å². The van der Waals surface area contributed by atoms with Crippen LogP contribution in [0.2, 0.25) is 5.02 Å². The molecule has 0 aliphatic heterocycles. The maximum atomic E-state index is 5.80. The van der Waals surface area contributed by atoms with Crippen molar-refractivity contribution < 1.29 is 4.74 Å². The molecular weight excluding hydrogens is 234 g/mol. The molecule has 0 saturated carbocycles. The molecule has 0 aliphatic rings. The van der Waals surface area contributed by atoms with Gasteiger partial charge in [-0.3, -0.25) is 4.99 Å². The topological polar surface area (TPSA) is 21.6 Å². The molecular formula is C14H12ClNO. The molecule has 0 heterocycles.